The van der Waals surface area contributed by atoms with Crippen LogP contribution < -0.4 is 0 Å². The molecule has 2 aromatic rings. The lowest BCUT2D eigenvalue weighted by Crippen LogP contribution is -2.42. The topological polar surface area (TPSA) is 57.6 Å². The van der Waals surface area contributed by atoms with Gasteiger partial charge in [-0.3, -0.25) is 4.79 Å². The van der Waals surface area contributed by atoms with Gasteiger partial charge in [0.15, 0.2) is 0 Å². The summed E-state index contributed by atoms with van der Waals surface area (Å²) in [5.74, 6) is -0.0513. The van der Waals surface area contributed by atoms with Crippen molar-refractivity contribution < 1.29 is 14.7 Å². The lowest BCUT2D eigenvalue weighted by atomic mass is 9.90. The summed E-state index contributed by atoms with van der Waals surface area (Å²) in [6.45, 7) is 5.83. The smallest absolute Gasteiger partial charge is 0.336 e. The molecule has 2 unspecified atom stereocenters. The van der Waals surface area contributed by atoms with Crippen LogP contribution in [0.25, 0.3) is 11.1 Å². The second-order valence-corrected chi connectivity index (χ2v) is 7.05. The number of rotatable bonds is 3. The van der Waals surface area contributed by atoms with Crippen molar-refractivity contribution >= 4 is 11.9 Å². The zero-order valence-corrected chi connectivity index (χ0v) is 14.6. The molecule has 1 aliphatic heterocycles. The summed E-state index contributed by atoms with van der Waals surface area (Å²) < 4.78 is 0. The number of benzene rings is 2. The van der Waals surface area contributed by atoms with Crippen molar-refractivity contribution in [2.75, 3.05) is 13.1 Å². The van der Waals surface area contributed by atoms with Crippen molar-refractivity contribution in [3.8, 4) is 11.1 Å². The molecule has 1 fully saturated rings. The standard InChI is InChI=1S/C21H23NO3/c1-14-11-15(2)13-22(12-14)20(23)18-9-5-3-7-16(18)17-8-4-6-10-19(17)21(24)25/h3-10,14-15H,11-13H2,1-2H3,(H,24,25). The number of carboxylic acid groups (broad SMARTS) is 1. The molecule has 2 atom stereocenters. The van der Waals surface area contributed by atoms with Gasteiger partial charge in [0, 0.05) is 18.7 Å². The van der Waals surface area contributed by atoms with Crippen molar-refractivity contribution in [3.05, 3.63) is 59.7 Å². The van der Waals surface area contributed by atoms with Crippen LogP contribution in [0.1, 0.15) is 41.0 Å². The average molecular weight is 337 g/mol. The van der Waals surface area contributed by atoms with E-state index in [4.69, 9.17) is 0 Å². The van der Waals surface area contributed by atoms with E-state index in [-0.39, 0.29) is 11.5 Å². The Balaban J connectivity index is 2.02. The minimum atomic E-state index is -0.988. The van der Waals surface area contributed by atoms with Crippen LogP contribution in [0.5, 0.6) is 0 Å². The number of hydrogen-bond donors (Lipinski definition) is 1. The maximum atomic E-state index is 13.1. The van der Waals surface area contributed by atoms with E-state index in [2.05, 4.69) is 13.8 Å². The molecule has 130 valence electrons. The maximum Gasteiger partial charge on any atom is 0.336 e. The number of amides is 1. The number of nitrogens with zero attached hydrogens (tertiary/aromatic N) is 1. The van der Waals surface area contributed by atoms with E-state index in [0.717, 1.165) is 19.5 Å². The number of hydrogen-bond acceptors (Lipinski definition) is 2. The average Bonchev–Trinajstić information content (AvgIpc) is 2.60. The monoisotopic (exact) mass is 337 g/mol. The Morgan fingerprint density at radius 2 is 1.36 bits per heavy atom. The van der Waals surface area contributed by atoms with Gasteiger partial charge in [0.05, 0.1) is 5.56 Å². The minimum absolute atomic E-state index is 0.0193. The van der Waals surface area contributed by atoms with Gasteiger partial charge in [0.2, 0.25) is 0 Å². The predicted molar refractivity (Wildman–Crippen MR) is 97.7 cm³/mol. The number of piperidine rings is 1. The lowest BCUT2D eigenvalue weighted by molar-refractivity contribution is 0.0622. The third-order valence-corrected chi connectivity index (χ3v) is 4.76. The summed E-state index contributed by atoms with van der Waals surface area (Å²) in [7, 11) is 0. The molecule has 0 aliphatic carbocycles. The highest BCUT2D eigenvalue weighted by atomic mass is 16.4. The molecule has 0 radical (unpaired) electrons. The van der Waals surface area contributed by atoms with E-state index in [1.54, 1.807) is 30.3 Å². The Labute approximate surface area is 148 Å². The van der Waals surface area contributed by atoms with Crippen molar-refractivity contribution in [2.24, 2.45) is 11.8 Å². The van der Waals surface area contributed by atoms with Gasteiger partial charge in [-0.25, -0.2) is 4.79 Å². The predicted octanol–water partition coefficient (Wildman–Crippen LogP) is 4.17. The lowest BCUT2D eigenvalue weighted by Gasteiger charge is -2.35. The van der Waals surface area contributed by atoms with Gasteiger partial charge in [0.1, 0.15) is 0 Å². The summed E-state index contributed by atoms with van der Waals surface area (Å²) in [4.78, 5) is 26.6. The summed E-state index contributed by atoms with van der Waals surface area (Å²) >= 11 is 0. The number of carbonyl (C=O) groups excluding carboxylic acids is 1. The summed E-state index contributed by atoms with van der Waals surface area (Å²) in [6, 6.07) is 14.1. The van der Waals surface area contributed by atoms with E-state index < -0.39 is 5.97 Å². The number of carbonyl (C=O) groups is 2. The van der Waals surface area contributed by atoms with Crippen LogP contribution in [0.3, 0.4) is 0 Å². The molecule has 2 aromatic carbocycles. The van der Waals surface area contributed by atoms with E-state index >= 15 is 0 Å². The normalized spacial score (nSPS) is 20.3. The molecular weight excluding hydrogens is 314 g/mol. The first-order chi connectivity index (χ1) is 12.0. The SMILES string of the molecule is CC1CC(C)CN(C(=O)c2ccccc2-c2ccccc2C(=O)O)C1. The van der Waals surface area contributed by atoms with E-state index in [1.165, 1.54) is 0 Å². The minimum Gasteiger partial charge on any atom is -0.478 e. The van der Waals surface area contributed by atoms with E-state index in [0.29, 0.717) is 28.5 Å². The van der Waals surface area contributed by atoms with Gasteiger partial charge in [-0.15, -0.1) is 0 Å². The molecule has 1 aliphatic rings. The molecule has 0 aromatic heterocycles. The second kappa shape index (κ2) is 7.09. The van der Waals surface area contributed by atoms with Gasteiger partial charge in [-0.05, 0) is 41.5 Å². The van der Waals surface area contributed by atoms with Gasteiger partial charge in [0.25, 0.3) is 5.91 Å². The van der Waals surface area contributed by atoms with Gasteiger partial charge in [-0.2, -0.15) is 0 Å². The van der Waals surface area contributed by atoms with E-state index in [1.807, 2.05) is 23.1 Å². The van der Waals surface area contributed by atoms with Crippen LogP contribution in [-0.2, 0) is 0 Å². The summed E-state index contributed by atoms with van der Waals surface area (Å²) in [6.07, 6.45) is 1.13. The van der Waals surface area contributed by atoms with Crippen molar-refractivity contribution in [2.45, 2.75) is 20.3 Å². The Morgan fingerprint density at radius 3 is 1.92 bits per heavy atom. The fourth-order valence-corrected chi connectivity index (χ4v) is 3.81. The van der Waals surface area contributed by atoms with Crippen LogP contribution in [0.4, 0.5) is 0 Å². The third kappa shape index (κ3) is 3.58. The molecule has 4 nitrogen and oxygen atoms in total. The molecule has 0 saturated carbocycles. The first-order valence-electron chi connectivity index (χ1n) is 8.68. The fourth-order valence-electron chi connectivity index (χ4n) is 3.81. The van der Waals surface area contributed by atoms with Crippen LogP contribution in [0, 0.1) is 11.8 Å². The molecule has 1 saturated heterocycles. The third-order valence-electron chi connectivity index (χ3n) is 4.76. The fraction of sp³-hybridized carbons (Fsp3) is 0.333. The molecule has 4 heteroatoms. The largest absolute Gasteiger partial charge is 0.478 e. The zero-order valence-electron chi connectivity index (χ0n) is 14.6. The molecule has 1 heterocycles. The van der Waals surface area contributed by atoms with Crippen LogP contribution in [0.2, 0.25) is 0 Å². The molecule has 0 bridgehead atoms. The molecule has 1 amide bonds. The highest BCUT2D eigenvalue weighted by Gasteiger charge is 2.28. The van der Waals surface area contributed by atoms with Crippen molar-refractivity contribution in [1.82, 2.24) is 4.90 Å². The van der Waals surface area contributed by atoms with Gasteiger partial charge in [-0.1, -0.05) is 50.2 Å². The van der Waals surface area contributed by atoms with Crippen molar-refractivity contribution in [3.63, 3.8) is 0 Å². The Bertz CT molecular complexity index is 789. The first-order valence-corrected chi connectivity index (χ1v) is 8.68. The van der Waals surface area contributed by atoms with Crippen molar-refractivity contribution in [1.29, 1.82) is 0 Å². The molecule has 0 spiro atoms. The van der Waals surface area contributed by atoms with Gasteiger partial charge < -0.3 is 10.0 Å². The molecule has 25 heavy (non-hydrogen) atoms. The quantitative estimate of drug-likeness (QED) is 0.914. The summed E-state index contributed by atoms with van der Waals surface area (Å²) in [5, 5.41) is 9.48. The maximum absolute atomic E-state index is 13.1. The molecular formula is C21H23NO3. The number of likely N-dealkylation sites (tertiary alicyclic amines) is 1. The molecule has 3 rings (SSSR count). The zero-order chi connectivity index (χ0) is 18.0. The Hall–Kier alpha value is -2.62. The number of aromatic carboxylic acids is 1. The van der Waals surface area contributed by atoms with Gasteiger partial charge >= 0.3 is 5.97 Å². The summed E-state index contributed by atoms with van der Waals surface area (Å²) in [5.41, 5.74) is 2.04. The Kier molecular flexibility index (Phi) is 4.88. The number of carboxylic acids is 1. The second-order valence-electron chi connectivity index (χ2n) is 7.05. The van der Waals surface area contributed by atoms with Crippen LogP contribution >= 0.6 is 0 Å². The van der Waals surface area contributed by atoms with E-state index in [9.17, 15) is 14.7 Å². The first kappa shape index (κ1) is 17.2. The van der Waals surface area contributed by atoms with Crippen LogP contribution in [-0.4, -0.2) is 35.0 Å². The highest BCUT2D eigenvalue weighted by molar-refractivity contribution is 6.04. The Morgan fingerprint density at radius 1 is 0.880 bits per heavy atom. The molecule has 1 N–H and O–H groups in total. The van der Waals surface area contributed by atoms with Crippen LogP contribution in [0.15, 0.2) is 48.5 Å². The highest BCUT2D eigenvalue weighted by Crippen LogP contribution is 2.30.